The first-order valence-corrected chi connectivity index (χ1v) is 13.3. The topological polar surface area (TPSA) is 88.6 Å². The van der Waals surface area contributed by atoms with Gasteiger partial charge in [0.25, 0.3) is 0 Å². The highest BCUT2D eigenvalue weighted by Crippen LogP contribution is 2.53. The van der Waals surface area contributed by atoms with Crippen molar-refractivity contribution in [2.24, 2.45) is 11.3 Å². The zero-order valence-electron chi connectivity index (χ0n) is 20.2. The molecule has 5 rings (SSSR count). The predicted octanol–water partition coefficient (Wildman–Crippen LogP) is 4.26. The molecule has 2 aromatic heterocycles. The summed E-state index contributed by atoms with van der Waals surface area (Å²) in [5.74, 6) is 0.702. The van der Waals surface area contributed by atoms with E-state index in [2.05, 4.69) is 18.1 Å². The Morgan fingerprint density at radius 3 is 2.69 bits per heavy atom. The van der Waals surface area contributed by atoms with E-state index in [0.717, 1.165) is 36.2 Å². The number of fused-ring (bicyclic) bond motifs is 2. The molecule has 35 heavy (non-hydrogen) atoms. The maximum absolute atomic E-state index is 13.5. The quantitative estimate of drug-likeness (QED) is 0.525. The Bertz CT molecular complexity index is 1390. The number of hydrogen-bond donors (Lipinski definition) is 1. The van der Waals surface area contributed by atoms with E-state index in [0.29, 0.717) is 18.1 Å². The minimum atomic E-state index is -3.81. The van der Waals surface area contributed by atoms with Crippen LogP contribution in [0.3, 0.4) is 0 Å². The van der Waals surface area contributed by atoms with Gasteiger partial charge in [-0.05, 0) is 86.4 Å². The molecule has 1 fully saturated rings. The first-order chi connectivity index (χ1) is 16.6. The number of aryl methyl sites for hydroxylation is 2. The number of benzene rings is 1. The molecule has 2 aliphatic rings. The van der Waals surface area contributed by atoms with Crippen molar-refractivity contribution in [3.05, 3.63) is 70.7 Å². The van der Waals surface area contributed by atoms with Crippen LogP contribution in [-0.2, 0) is 16.4 Å². The fraction of sp³-hybridized carbons (Fsp3) is 0.423. The first kappa shape index (κ1) is 24.0. The fourth-order valence-electron chi connectivity index (χ4n) is 5.68. The number of aromatic nitrogens is 2. The number of rotatable bonds is 7. The van der Waals surface area contributed by atoms with E-state index in [4.69, 9.17) is 4.42 Å². The molecule has 9 heteroatoms. The minimum Gasteiger partial charge on any atom is -0.465 e. The summed E-state index contributed by atoms with van der Waals surface area (Å²) in [5, 5.41) is 14.2. The van der Waals surface area contributed by atoms with Crippen molar-refractivity contribution in [1.29, 1.82) is 0 Å². The van der Waals surface area contributed by atoms with Crippen molar-refractivity contribution in [2.75, 3.05) is 19.7 Å². The zero-order chi connectivity index (χ0) is 25.0. The molecule has 7 nitrogen and oxygen atoms in total. The Kier molecular flexibility index (Phi) is 5.97. The summed E-state index contributed by atoms with van der Waals surface area (Å²) in [6.07, 6.45) is 6.50. The van der Waals surface area contributed by atoms with Crippen LogP contribution in [0.4, 0.5) is 4.39 Å². The molecule has 0 saturated heterocycles. The van der Waals surface area contributed by atoms with E-state index >= 15 is 0 Å². The summed E-state index contributed by atoms with van der Waals surface area (Å²) in [4.78, 5) is 0.161. The van der Waals surface area contributed by atoms with Crippen molar-refractivity contribution in [2.45, 2.75) is 44.9 Å². The van der Waals surface area contributed by atoms with Crippen molar-refractivity contribution in [3.63, 3.8) is 0 Å². The predicted molar refractivity (Wildman–Crippen MR) is 130 cm³/mol. The third-order valence-electron chi connectivity index (χ3n) is 7.61. The van der Waals surface area contributed by atoms with Gasteiger partial charge in [-0.1, -0.05) is 12.5 Å². The van der Waals surface area contributed by atoms with Gasteiger partial charge in [0.05, 0.1) is 24.2 Å². The highest BCUT2D eigenvalue weighted by molar-refractivity contribution is 7.89. The molecule has 0 unspecified atom stereocenters. The average molecular weight is 500 g/mol. The van der Waals surface area contributed by atoms with Crippen molar-refractivity contribution in [1.82, 2.24) is 14.1 Å². The molecule has 1 N–H and O–H groups in total. The molecule has 2 aliphatic carbocycles. The molecule has 1 aromatic carbocycles. The molecule has 2 atom stereocenters. The summed E-state index contributed by atoms with van der Waals surface area (Å²) in [6, 6.07) is 7.82. The third kappa shape index (κ3) is 4.05. The van der Waals surface area contributed by atoms with E-state index in [1.54, 1.807) is 32.0 Å². The molecule has 0 spiro atoms. The average Bonchev–Trinajstić information content (AvgIpc) is 3.47. The number of furan rings is 1. The van der Waals surface area contributed by atoms with Gasteiger partial charge in [-0.25, -0.2) is 17.5 Å². The number of sulfonamides is 1. The molecule has 0 amide bonds. The van der Waals surface area contributed by atoms with Crippen LogP contribution in [0.1, 0.15) is 42.5 Å². The summed E-state index contributed by atoms with van der Waals surface area (Å²) >= 11 is 0. The van der Waals surface area contributed by atoms with Gasteiger partial charge in [0.2, 0.25) is 10.0 Å². The van der Waals surface area contributed by atoms with Crippen molar-refractivity contribution < 1.29 is 22.3 Å². The molecular weight excluding hydrogens is 469 g/mol. The Morgan fingerprint density at radius 1 is 1.29 bits per heavy atom. The van der Waals surface area contributed by atoms with Gasteiger partial charge >= 0.3 is 0 Å². The van der Waals surface area contributed by atoms with Crippen LogP contribution >= 0.6 is 0 Å². The number of aliphatic hydroxyl groups excluding tert-OH is 1. The van der Waals surface area contributed by atoms with E-state index in [9.17, 15) is 17.9 Å². The van der Waals surface area contributed by atoms with Crippen LogP contribution in [0.15, 0.2) is 51.4 Å². The normalized spacial score (nSPS) is 21.8. The fourth-order valence-corrected chi connectivity index (χ4v) is 7.38. The lowest BCUT2D eigenvalue weighted by Crippen LogP contribution is -2.42. The van der Waals surface area contributed by atoms with E-state index in [1.165, 1.54) is 22.0 Å². The molecular formula is C26H30FN3O4S. The second kappa shape index (κ2) is 8.72. The van der Waals surface area contributed by atoms with Gasteiger partial charge in [-0.15, -0.1) is 0 Å². The van der Waals surface area contributed by atoms with Crippen LogP contribution in [-0.4, -0.2) is 47.3 Å². The Balaban J connectivity index is 1.44. The number of aliphatic hydroxyl groups is 1. The molecule has 2 heterocycles. The largest absolute Gasteiger partial charge is 0.465 e. The standard InChI is InChI=1S/C26H30FN3O4S/c1-17-12-25(18(2)34-17)35(32,33)29(10-11-31)16-21-5-4-20-13-24-19(14-26(20,21)3)15-28-30(24)23-8-6-22(27)7-9-23/h6-9,12-13,15,21,31H,4-5,10-11,14,16H2,1-3H3/t21-,26+/m1/s1. The van der Waals surface area contributed by atoms with Crippen LogP contribution in [0.25, 0.3) is 11.8 Å². The van der Waals surface area contributed by atoms with Crippen LogP contribution in [0, 0.1) is 31.0 Å². The van der Waals surface area contributed by atoms with Crippen LogP contribution in [0.2, 0.25) is 0 Å². The maximum Gasteiger partial charge on any atom is 0.246 e. The van der Waals surface area contributed by atoms with Gasteiger partial charge in [0, 0.05) is 13.1 Å². The van der Waals surface area contributed by atoms with Crippen molar-refractivity contribution in [3.8, 4) is 5.69 Å². The lowest BCUT2D eigenvalue weighted by atomic mass is 9.70. The van der Waals surface area contributed by atoms with Gasteiger partial charge < -0.3 is 9.52 Å². The lowest BCUT2D eigenvalue weighted by Gasteiger charge is -2.38. The lowest BCUT2D eigenvalue weighted by molar-refractivity contribution is 0.194. The molecule has 0 radical (unpaired) electrons. The monoisotopic (exact) mass is 499 g/mol. The number of allylic oxidation sites excluding steroid dienone is 1. The number of hydrogen-bond acceptors (Lipinski definition) is 5. The van der Waals surface area contributed by atoms with Crippen LogP contribution < -0.4 is 0 Å². The molecule has 1 saturated carbocycles. The molecule has 186 valence electrons. The third-order valence-corrected chi connectivity index (χ3v) is 9.58. The maximum atomic E-state index is 13.5. The Hall–Kier alpha value is -2.75. The van der Waals surface area contributed by atoms with E-state index in [-0.39, 0.29) is 35.2 Å². The number of nitrogens with zero attached hydrogens (tertiary/aromatic N) is 3. The highest BCUT2D eigenvalue weighted by Gasteiger charge is 2.47. The highest BCUT2D eigenvalue weighted by atomic mass is 32.2. The first-order valence-electron chi connectivity index (χ1n) is 11.9. The molecule has 0 bridgehead atoms. The van der Waals surface area contributed by atoms with Crippen LogP contribution in [0.5, 0.6) is 0 Å². The summed E-state index contributed by atoms with van der Waals surface area (Å²) in [5.41, 5.74) is 3.94. The zero-order valence-corrected chi connectivity index (χ0v) is 21.0. The smallest absolute Gasteiger partial charge is 0.246 e. The van der Waals surface area contributed by atoms with Gasteiger partial charge in [-0.2, -0.15) is 9.40 Å². The van der Waals surface area contributed by atoms with E-state index in [1.807, 2.05) is 10.9 Å². The second-order valence-electron chi connectivity index (χ2n) is 9.81. The second-order valence-corrected chi connectivity index (χ2v) is 11.7. The number of halogens is 1. The minimum absolute atomic E-state index is 0.0331. The van der Waals surface area contributed by atoms with Gasteiger partial charge in [0.15, 0.2) is 0 Å². The molecule has 0 aliphatic heterocycles. The van der Waals surface area contributed by atoms with Gasteiger partial charge in [0.1, 0.15) is 22.2 Å². The SMILES string of the molecule is Cc1cc(S(=O)(=O)N(CCO)C[C@H]2CCC3=Cc4c(cnn4-c4ccc(F)cc4)C[C@@]32C)c(C)o1. The van der Waals surface area contributed by atoms with Gasteiger partial charge in [-0.3, -0.25) is 0 Å². The van der Waals surface area contributed by atoms with E-state index < -0.39 is 10.0 Å². The molecule has 3 aromatic rings. The summed E-state index contributed by atoms with van der Waals surface area (Å²) in [7, 11) is -3.81. The van der Waals surface area contributed by atoms with Crippen molar-refractivity contribution >= 4 is 16.1 Å². The Labute approximate surface area is 204 Å². The Morgan fingerprint density at radius 2 is 2.03 bits per heavy atom. The summed E-state index contributed by atoms with van der Waals surface area (Å²) in [6.45, 7) is 5.67. The summed E-state index contributed by atoms with van der Waals surface area (Å²) < 4.78 is 49.1.